The molecule has 2 aromatic rings. The van der Waals surface area contributed by atoms with E-state index in [-0.39, 0.29) is 23.1 Å². The van der Waals surface area contributed by atoms with E-state index >= 15 is 0 Å². The molecule has 1 N–H and O–H groups in total. The van der Waals surface area contributed by atoms with Crippen molar-refractivity contribution in [2.24, 2.45) is 0 Å². The average Bonchev–Trinajstić information content (AvgIpc) is 3.01. The molecule has 2 aromatic heterocycles. The second-order valence-electron chi connectivity index (χ2n) is 6.60. The lowest BCUT2D eigenvalue weighted by atomic mass is 9.94. The van der Waals surface area contributed by atoms with Gasteiger partial charge in [-0.15, -0.1) is 0 Å². The molecule has 0 spiro atoms. The lowest BCUT2D eigenvalue weighted by molar-refractivity contribution is 0.0648. The van der Waals surface area contributed by atoms with E-state index in [1.807, 2.05) is 23.6 Å². The summed E-state index contributed by atoms with van der Waals surface area (Å²) in [5.41, 5.74) is 1.24. The summed E-state index contributed by atoms with van der Waals surface area (Å²) in [7, 11) is 0. The molecule has 0 unspecified atom stereocenters. The van der Waals surface area contributed by atoms with Crippen molar-refractivity contribution in [2.75, 3.05) is 18.1 Å². The molecule has 1 aliphatic rings. The highest BCUT2D eigenvalue weighted by Gasteiger charge is 2.28. The fraction of sp³-hybridized carbons (Fsp3) is 0.611. The first-order valence-corrected chi connectivity index (χ1v) is 10.2. The molecule has 0 atom stereocenters. The lowest BCUT2D eigenvalue weighted by Gasteiger charge is -2.34. The van der Waals surface area contributed by atoms with Crippen LogP contribution in [-0.2, 0) is 0 Å². The van der Waals surface area contributed by atoms with E-state index in [4.69, 9.17) is 0 Å². The van der Waals surface area contributed by atoms with Crippen molar-refractivity contribution in [3.8, 4) is 0 Å². The quantitative estimate of drug-likeness (QED) is 0.802. The van der Waals surface area contributed by atoms with Crippen molar-refractivity contribution >= 4 is 23.3 Å². The molecule has 7 heteroatoms. The van der Waals surface area contributed by atoms with Crippen LogP contribution >= 0.6 is 11.8 Å². The Kier molecular flexibility index (Phi) is 5.83. The van der Waals surface area contributed by atoms with Gasteiger partial charge in [0.2, 0.25) is 0 Å². The Balaban J connectivity index is 1.90. The maximum absolute atomic E-state index is 13.2. The van der Waals surface area contributed by atoms with Gasteiger partial charge in [-0.2, -0.15) is 11.8 Å². The number of amides is 1. The summed E-state index contributed by atoms with van der Waals surface area (Å²) < 4.78 is 1.36. The zero-order valence-electron chi connectivity index (χ0n) is 15.0. The van der Waals surface area contributed by atoms with Gasteiger partial charge in [-0.3, -0.25) is 14.7 Å². The number of rotatable bonds is 6. The predicted octanol–water partition coefficient (Wildman–Crippen LogP) is 2.86. The molecule has 25 heavy (non-hydrogen) atoms. The molecule has 136 valence electrons. The molecule has 0 aliphatic heterocycles. The Morgan fingerprint density at radius 2 is 2.16 bits per heavy atom. The van der Waals surface area contributed by atoms with Gasteiger partial charge >= 0.3 is 0 Å². The zero-order valence-corrected chi connectivity index (χ0v) is 15.8. The molecule has 0 aromatic carbocycles. The summed E-state index contributed by atoms with van der Waals surface area (Å²) in [6, 6.07) is 2.04. The minimum absolute atomic E-state index is 0.159. The number of carbonyl (C=O) groups is 1. The molecule has 3 rings (SSSR count). The largest absolute Gasteiger partial charge is 0.335 e. The van der Waals surface area contributed by atoms with Crippen molar-refractivity contribution in [1.29, 1.82) is 0 Å². The highest BCUT2D eigenvalue weighted by atomic mass is 32.2. The highest BCUT2D eigenvalue weighted by molar-refractivity contribution is 7.99. The average molecular weight is 362 g/mol. The predicted molar refractivity (Wildman–Crippen MR) is 101 cm³/mol. The van der Waals surface area contributed by atoms with Gasteiger partial charge in [0.15, 0.2) is 5.65 Å². The van der Waals surface area contributed by atoms with Crippen LogP contribution < -0.4 is 5.56 Å². The number of nitrogens with zero attached hydrogens (tertiary/aromatic N) is 3. The summed E-state index contributed by atoms with van der Waals surface area (Å²) in [5.74, 6) is 1.75. The third-order valence-corrected chi connectivity index (χ3v) is 5.69. The van der Waals surface area contributed by atoms with Crippen LogP contribution in [0.1, 0.15) is 55.1 Å². The van der Waals surface area contributed by atoms with Crippen LogP contribution in [0, 0.1) is 6.92 Å². The topological polar surface area (TPSA) is 70.5 Å². The molecule has 6 nitrogen and oxygen atoms in total. The summed E-state index contributed by atoms with van der Waals surface area (Å²) in [6.45, 7) is 4.68. The Bertz CT molecular complexity index is 792. The Morgan fingerprint density at radius 1 is 1.40 bits per heavy atom. The molecule has 1 fully saturated rings. The van der Waals surface area contributed by atoms with E-state index < -0.39 is 0 Å². The van der Waals surface area contributed by atoms with Gasteiger partial charge in [0, 0.05) is 36.3 Å². The van der Waals surface area contributed by atoms with Gasteiger partial charge in [-0.05, 0) is 25.5 Å². The number of aromatic nitrogens is 3. The number of aryl methyl sites for hydroxylation is 1. The third kappa shape index (κ3) is 3.92. The monoisotopic (exact) mass is 362 g/mol. The summed E-state index contributed by atoms with van der Waals surface area (Å²) >= 11 is 1.82. The molecule has 2 heterocycles. The van der Waals surface area contributed by atoms with Crippen molar-refractivity contribution in [1.82, 2.24) is 19.5 Å². The van der Waals surface area contributed by atoms with E-state index in [0.29, 0.717) is 12.2 Å². The number of hydrogen-bond donors (Lipinski definition) is 1. The maximum Gasteiger partial charge on any atom is 0.285 e. The second-order valence-corrected chi connectivity index (χ2v) is 7.99. The fourth-order valence-corrected chi connectivity index (χ4v) is 4.15. The molecular formula is C18H26N4O2S. The summed E-state index contributed by atoms with van der Waals surface area (Å²) in [5, 5.41) is 2.96. The van der Waals surface area contributed by atoms with E-state index in [0.717, 1.165) is 42.9 Å². The number of H-pyrrole nitrogens is 1. The smallest absolute Gasteiger partial charge is 0.285 e. The third-order valence-electron chi connectivity index (χ3n) is 4.81. The summed E-state index contributed by atoms with van der Waals surface area (Å²) in [6.07, 6.45) is 7.04. The minimum atomic E-state index is -0.313. The van der Waals surface area contributed by atoms with Crippen molar-refractivity contribution in [3.63, 3.8) is 0 Å². The van der Waals surface area contributed by atoms with Crippen molar-refractivity contribution in [2.45, 2.75) is 52.0 Å². The molecule has 0 radical (unpaired) electrons. The number of thioether (sulfide) groups is 1. The van der Waals surface area contributed by atoms with Crippen molar-refractivity contribution in [3.05, 3.63) is 33.9 Å². The standard InChI is InChI=1S/C18H26N4O2S/c1-3-25-10-9-21(14-7-5-4-6-8-14)17(23)15-12-19-16-11-13(2)20-22(16)18(15)24/h11-12,14,20H,3-10H2,1-2H3. The first-order valence-electron chi connectivity index (χ1n) is 9.08. The molecule has 1 amide bonds. The number of aromatic amines is 1. The van der Waals surface area contributed by atoms with E-state index in [9.17, 15) is 9.59 Å². The van der Waals surface area contributed by atoms with E-state index in [1.165, 1.54) is 17.1 Å². The van der Waals surface area contributed by atoms with Crippen LogP contribution in [-0.4, -0.2) is 49.5 Å². The van der Waals surface area contributed by atoms with Crippen LogP contribution in [0.5, 0.6) is 0 Å². The van der Waals surface area contributed by atoms with Crippen LogP contribution in [0.25, 0.3) is 5.65 Å². The number of carbonyl (C=O) groups excluding carboxylic acids is 1. The minimum Gasteiger partial charge on any atom is -0.335 e. The SMILES string of the molecule is CCSCCN(C(=O)c1cnc2cc(C)[nH]n2c1=O)C1CCCCC1. The van der Waals surface area contributed by atoms with E-state index in [2.05, 4.69) is 17.0 Å². The van der Waals surface area contributed by atoms with Gasteiger partial charge in [0.05, 0.1) is 0 Å². The van der Waals surface area contributed by atoms with Gasteiger partial charge in [-0.25, -0.2) is 9.50 Å². The lowest BCUT2D eigenvalue weighted by Crippen LogP contribution is -2.45. The normalized spacial score (nSPS) is 15.6. The van der Waals surface area contributed by atoms with Crippen LogP contribution in [0.4, 0.5) is 0 Å². The van der Waals surface area contributed by atoms with Crippen LogP contribution in [0.2, 0.25) is 0 Å². The van der Waals surface area contributed by atoms with Crippen LogP contribution in [0.15, 0.2) is 17.1 Å². The Labute approximate surface area is 152 Å². The first-order chi connectivity index (χ1) is 12.1. The summed E-state index contributed by atoms with van der Waals surface area (Å²) in [4.78, 5) is 32.1. The first kappa shape index (κ1) is 18.0. The molecule has 1 saturated carbocycles. The fourth-order valence-electron chi connectivity index (χ4n) is 3.53. The van der Waals surface area contributed by atoms with Gasteiger partial charge in [0.25, 0.3) is 11.5 Å². The second kappa shape index (κ2) is 8.08. The number of nitrogens with one attached hydrogen (secondary N) is 1. The molecule has 1 aliphatic carbocycles. The van der Waals surface area contributed by atoms with Gasteiger partial charge in [-0.1, -0.05) is 26.2 Å². The maximum atomic E-state index is 13.2. The van der Waals surface area contributed by atoms with Gasteiger partial charge < -0.3 is 4.90 Å². The van der Waals surface area contributed by atoms with Crippen molar-refractivity contribution < 1.29 is 4.79 Å². The molecular weight excluding hydrogens is 336 g/mol. The number of hydrogen-bond acceptors (Lipinski definition) is 4. The Hall–Kier alpha value is -1.76. The molecule has 0 bridgehead atoms. The zero-order chi connectivity index (χ0) is 17.8. The van der Waals surface area contributed by atoms with E-state index in [1.54, 1.807) is 6.07 Å². The highest BCUT2D eigenvalue weighted by Crippen LogP contribution is 2.24. The molecule has 0 saturated heterocycles. The number of fused-ring (bicyclic) bond motifs is 1. The Morgan fingerprint density at radius 3 is 2.88 bits per heavy atom. The van der Waals surface area contributed by atoms with Crippen LogP contribution in [0.3, 0.4) is 0 Å². The van der Waals surface area contributed by atoms with Gasteiger partial charge in [0.1, 0.15) is 5.56 Å².